The fraction of sp³-hybridized carbons (Fsp3) is 0.733. The molecule has 3 aliphatic heterocycles. The van der Waals surface area contributed by atoms with Crippen molar-refractivity contribution in [2.45, 2.75) is 76.8 Å². The van der Waals surface area contributed by atoms with Crippen molar-refractivity contribution in [1.82, 2.24) is 20.0 Å². The van der Waals surface area contributed by atoms with Gasteiger partial charge < -0.3 is 19.9 Å². The third-order valence-corrected chi connectivity index (χ3v) is 8.48. The van der Waals surface area contributed by atoms with Crippen molar-refractivity contribution in [3.05, 3.63) is 35.9 Å². The second kappa shape index (κ2) is 13.7. The topological polar surface area (TPSA) is 65.1 Å². The van der Waals surface area contributed by atoms with Crippen LogP contribution in [0.4, 0.5) is 0 Å². The van der Waals surface area contributed by atoms with Crippen LogP contribution in [0, 0.1) is 5.92 Å². The third-order valence-electron chi connectivity index (χ3n) is 8.48. The molecule has 1 atom stereocenters. The van der Waals surface area contributed by atoms with Crippen molar-refractivity contribution in [3.63, 3.8) is 0 Å². The van der Waals surface area contributed by atoms with Crippen molar-refractivity contribution < 1.29 is 14.3 Å². The largest absolute Gasteiger partial charge is 0.379 e. The van der Waals surface area contributed by atoms with Gasteiger partial charge in [-0.3, -0.25) is 14.5 Å². The first kappa shape index (κ1) is 28.1. The number of nitrogens with one attached hydrogen (secondary N) is 1. The van der Waals surface area contributed by atoms with E-state index in [2.05, 4.69) is 59.3 Å². The molecule has 7 heteroatoms. The molecule has 206 valence electrons. The highest BCUT2D eigenvalue weighted by atomic mass is 16.5. The van der Waals surface area contributed by atoms with E-state index in [1.807, 2.05) is 4.90 Å². The van der Waals surface area contributed by atoms with Crippen molar-refractivity contribution in [2.75, 3.05) is 59.0 Å². The lowest BCUT2D eigenvalue weighted by Crippen LogP contribution is -2.73. The molecule has 1 aromatic rings. The maximum Gasteiger partial charge on any atom is 0.246 e. The Kier molecular flexibility index (Phi) is 10.4. The fourth-order valence-electron chi connectivity index (χ4n) is 6.20. The lowest BCUT2D eigenvalue weighted by atomic mass is 9.81. The summed E-state index contributed by atoms with van der Waals surface area (Å²) in [6, 6.07) is 10.3. The van der Waals surface area contributed by atoms with E-state index in [4.69, 9.17) is 4.74 Å². The third kappa shape index (κ3) is 7.55. The minimum Gasteiger partial charge on any atom is -0.379 e. The number of unbranched alkanes of at least 4 members (excludes halogenated alkanes) is 3. The van der Waals surface area contributed by atoms with Gasteiger partial charge in [0.05, 0.1) is 13.2 Å². The van der Waals surface area contributed by atoms with Gasteiger partial charge in [-0.1, -0.05) is 57.0 Å². The van der Waals surface area contributed by atoms with Crippen LogP contribution in [-0.2, 0) is 20.7 Å². The molecule has 1 aromatic carbocycles. The maximum absolute atomic E-state index is 13.7. The Morgan fingerprint density at radius 3 is 2.27 bits per heavy atom. The molecule has 0 bridgehead atoms. The van der Waals surface area contributed by atoms with Crippen molar-refractivity contribution in [3.8, 4) is 0 Å². The highest BCUT2D eigenvalue weighted by molar-refractivity contribution is 6.00. The number of likely N-dealkylation sites (tertiary alicyclic amines) is 1. The first-order valence-corrected chi connectivity index (χ1v) is 14.7. The number of aryl methyl sites for hydroxylation is 1. The highest BCUT2D eigenvalue weighted by Gasteiger charge is 2.53. The minimum absolute atomic E-state index is 0.0697. The standard InChI is InChI=1S/C30H48N4O3/c1-25(2)24-27-28(35)34(19-18-33-20-22-37-23-21-33)30(29(36)31-27)13-16-32(17-14-30)15-9-4-3-6-10-26-11-7-5-8-12-26/h5,7-8,11-12,25,27H,3-4,6,9-10,13-24H2,1-2H3,(H,31,36)/t27-/m0/s1. The van der Waals surface area contributed by atoms with Crippen molar-refractivity contribution >= 4 is 11.8 Å². The van der Waals surface area contributed by atoms with Gasteiger partial charge in [0.15, 0.2) is 0 Å². The van der Waals surface area contributed by atoms with E-state index in [1.165, 1.54) is 31.2 Å². The Bertz CT molecular complexity index is 848. The Balaban J connectivity index is 1.27. The zero-order valence-corrected chi connectivity index (χ0v) is 23.1. The molecule has 1 N–H and O–H groups in total. The number of nitrogens with zero attached hydrogens (tertiary/aromatic N) is 3. The number of morpholine rings is 1. The van der Waals surface area contributed by atoms with Crippen molar-refractivity contribution in [1.29, 1.82) is 0 Å². The van der Waals surface area contributed by atoms with Gasteiger partial charge in [0.1, 0.15) is 11.6 Å². The average Bonchev–Trinajstić information content (AvgIpc) is 2.91. The fourth-order valence-corrected chi connectivity index (χ4v) is 6.20. The smallest absolute Gasteiger partial charge is 0.246 e. The van der Waals surface area contributed by atoms with Gasteiger partial charge in [-0.05, 0) is 56.6 Å². The van der Waals surface area contributed by atoms with Crippen LogP contribution in [0.15, 0.2) is 30.3 Å². The minimum atomic E-state index is -0.691. The molecule has 0 unspecified atom stereocenters. The summed E-state index contributed by atoms with van der Waals surface area (Å²) >= 11 is 0. The van der Waals surface area contributed by atoms with Gasteiger partial charge in [0, 0.05) is 39.3 Å². The molecule has 0 saturated carbocycles. The van der Waals surface area contributed by atoms with E-state index in [9.17, 15) is 9.59 Å². The molecule has 2 amide bonds. The van der Waals surface area contributed by atoms with E-state index in [0.29, 0.717) is 18.9 Å². The number of carbonyl (C=O) groups is 2. The molecule has 3 fully saturated rings. The molecule has 37 heavy (non-hydrogen) atoms. The number of piperazine rings is 1. The van der Waals surface area contributed by atoms with Crippen LogP contribution >= 0.6 is 0 Å². The summed E-state index contributed by atoms with van der Waals surface area (Å²) in [5.41, 5.74) is 0.737. The molecule has 4 rings (SSSR count). The molecule has 0 radical (unpaired) electrons. The van der Waals surface area contributed by atoms with Gasteiger partial charge in [-0.15, -0.1) is 0 Å². The second-order valence-electron chi connectivity index (χ2n) is 11.6. The van der Waals surface area contributed by atoms with Crippen LogP contribution in [0.2, 0.25) is 0 Å². The van der Waals surface area contributed by atoms with Crippen molar-refractivity contribution in [2.24, 2.45) is 5.92 Å². The lowest BCUT2D eigenvalue weighted by molar-refractivity contribution is -0.162. The van der Waals surface area contributed by atoms with Crippen LogP contribution in [-0.4, -0.2) is 97.1 Å². The summed E-state index contributed by atoms with van der Waals surface area (Å²) in [7, 11) is 0. The van der Waals surface area contributed by atoms with Gasteiger partial charge in [-0.25, -0.2) is 0 Å². The SMILES string of the molecule is CC(C)C[C@@H]1NC(=O)C2(CCN(CCCCCCc3ccccc3)CC2)N(CCN2CCOCC2)C1=O. The Morgan fingerprint density at radius 1 is 0.892 bits per heavy atom. The van der Waals surface area contributed by atoms with Crippen LogP contribution in [0.25, 0.3) is 0 Å². The van der Waals surface area contributed by atoms with Crippen LogP contribution in [0.3, 0.4) is 0 Å². The number of ether oxygens (including phenoxy) is 1. The van der Waals surface area contributed by atoms with E-state index >= 15 is 0 Å². The predicted octanol–water partition coefficient (Wildman–Crippen LogP) is 3.33. The lowest BCUT2D eigenvalue weighted by Gasteiger charge is -2.52. The van der Waals surface area contributed by atoms with E-state index in [-0.39, 0.29) is 11.8 Å². The van der Waals surface area contributed by atoms with E-state index in [0.717, 1.165) is 71.7 Å². The summed E-state index contributed by atoms with van der Waals surface area (Å²) < 4.78 is 5.49. The summed E-state index contributed by atoms with van der Waals surface area (Å²) in [6.45, 7) is 11.8. The first-order valence-electron chi connectivity index (χ1n) is 14.7. The predicted molar refractivity (Wildman–Crippen MR) is 147 cm³/mol. The number of amides is 2. The van der Waals surface area contributed by atoms with E-state index in [1.54, 1.807) is 0 Å². The quantitative estimate of drug-likeness (QED) is 0.435. The zero-order valence-electron chi connectivity index (χ0n) is 23.1. The normalized spacial score (nSPS) is 23.1. The first-order chi connectivity index (χ1) is 18.0. The Morgan fingerprint density at radius 2 is 1.57 bits per heavy atom. The van der Waals surface area contributed by atoms with E-state index < -0.39 is 11.6 Å². The average molecular weight is 513 g/mol. The van der Waals surface area contributed by atoms with Crippen LogP contribution in [0.5, 0.6) is 0 Å². The van der Waals surface area contributed by atoms with Gasteiger partial charge in [-0.2, -0.15) is 0 Å². The van der Waals surface area contributed by atoms with Gasteiger partial charge in [0.2, 0.25) is 11.8 Å². The molecular weight excluding hydrogens is 464 g/mol. The van der Waals surface area contributed by atoms with Gasteiger partial charge >= 0.3 is 0 Å². The number of benzene rings is 1. The van der Waals surface area contributed by atoms with Gasteiger partial charge in [0.25, 0.3) is 0 Å². The molecule has 1 spiro atoms. The number of piperidine rings is 1. The summed E-state index contributed by atoms with van der Waals surface area (Å²) in [5, 5.41) is 3.14. The summed E-state index contributed by atoms with van der Waals surface area (Å²) in [6.07, 6.45) is 8.27. The molecule has 7 nitrogen and oxygen atoms in total. The molecule has 3 heterocycles. The Hall–Kier alpha value is -1.96. The zero-order chi connectivity index (χ0) is 26.1. The number of hydrogen-bond acceptors (Lipinski definition) is 5. The number of rotatable bonds is 12. The molecule has 3 saturated heterocycles. The number of hydrogen-bond donors (Lipinski definition) is 1. The maximum atomic E-state index is 13.7. The summed E-state index contributed by atoms with van der Waals surface area (Å²) in [4.78, 5) is 34.1. The molecule has 0 aromatic heterocycles. The molecule has 0 aliphatic carbocycles. The Labute approximate surface area is 223 Å². The number of carbonyl (C=O) groups excluding carboxylic acids is 2. The van der Waals surface area contributed by atoms with Crippen LogP contribution in [0.1, 0.15) is 64.4 Å². The molecule has 3 aliphatic rings. The second-order valence-corrected chi connectivity index (χ2v) is 11.6. The molecular formula is C30H48N4O3. The monoisotopic (exact) mass is 512 g/mol. The summed E-state index contributed by atoms with van der Waals surface area (Å²) in [5.74, 6) is 0.549. The van der Waals surface area contributed by atoms with Crippen LogP contribution < -0.4 is 5.32 Å². The highest BCUT2D eigenvalue weighted by Crippen LogP contribution is 2.34.